The predicted molar refractivity (Wildman–Crippen MR) is 81.1 cm³/mol. The lowest BCUT2D eigenvalue weighted by Gasteiger charge is -2.23. The maximum Gasteiger partial charge on any atom is 0.255 e. The van der Waals surface area contributed by atoms with Gasteiger partial charge in [-0.3, -0.25) is 4.79 Å². The molecular formula is C13H15Cl3N2O2. The van der Waals surface area contributed by atoms with E-state index in [2.05, 4.69) is 10.6 Å². The van der Waals surface area contributed by atoms with E-state index >= 15 is 0 Å². The summed E-state index contributed by atoms with van der Waals surface area (Å²) < 4.78 is 0. The second kappa shape index (κ2) is 5.98. The van der Waals surface area contributed by atoms with E-state index in [9.17, 15) is 9.90 Å². The number of rotatable bonds is 2. The zero-order valence-electron chi connectivity index (χ0n) is 10.5. The fourth-order valence-electron chi connectivity index (χ4n) is 3.00. The maximum atomic E-state index is 12.2. The molecule has 1 aliphatic heterocycles. The van der Waals surface area contributed by atoms with Crippen molar-refractivity contribution in [1.82, 2.24) is 10.6 Å². The highest BCUT2D eigenvalue weighted by molar-refractivity contribution is 6.36. The van der Waals surface area contributed by atoms with Crippen molar-refractivity contribution < 1.29 is 9.90 Å². The summed E-state index contributed by atoms with van der Waals surface area (Å²) in [5.74, 6) is -0.0601. The van der Waals surface area contributed by atoms with Gasteiger partial charge in [-0.2, -0.15) is 0 Å². The molecule has 2 fully saturated rings. The number of hydrogen-bond donors (Lipinski definition) is 3. The Bertz CT molecular complexity index is 539. The van der Waals surface area contributed by atoms with E-state index in [-0.39, 0.29) is 40.7 Å². The van der Waals surface area contributed by atoms with Gasteiger partial charge in [0.15, 0.2) is 0 Å². The monoisotopic (exact) mass is 336 g/mol. The van der Waals surface area contributed by atoms with Crippen molar-refractivity contribution >= 4 is 41.5 Å². The number of aromatic hydroxyl groups is 1. The predicted octanol–water partition coefficient (Wildman–Crippen LogP) is 2.60. The fourth-order valence-corrected chi connectivity index (χ4v) is 3.49. The van der Waals surface area contributed by atoms with Crippen molar-refractivity contribution in [2.75, 3.05) is 6.54 Å². The number of phenolic OH excluding ortho intramolecular Hbond substituents is 1. The summed E-state index contributed by atoms with van der Waals surface area (Å²) >= 11 is 11.7. The van der Waals surface area contributed by atoms with Gasteiger partial charge in [0.25, 0.3) is 5.91 Å². The van der Waals surface area contributed by atoms with Gasteiger partial charge in [-0.25, -0.2) is 0 Å². The number of hydrogen-bond acceptors (Lipinski definition) is 3. The standard InChI is InChI=1S/C13H14Cl2N2O2.ClH/c14-7-2-9(12(18)10(15)3-7)13(19)17-11-4-8-1-6(11)5-16-8;/h2-3,6,8,11,16,18H,1,4-5H2,(H,17,19);1H/t6-,8-,11-;/m1./s1. The van der Waals surface area contributed by atoms with Crippen LogP contribution in [0.5, 0.6) is 5.75 Å². The molecule has 0 aromatic heterocycles. The average Bonchev–Trinajstić information content (AvgIpc) is 2.95. The van der Waals surface area contributed by atoms with Gasteiger partial charge in [-0.1, -0.05) is 23.2 Å². The van der Waals surface area contributed by atoms with Gasteiger partial charge >= 0.3 is 0 Å². The zero-order valence-corrected chi connectivity index (χ0v) is 12.9. The molecule has 1 aromatic rings. The van der Waals surface area contributed by atoms with Crippen molar-refractivity contribution in [3.63, 3.8) is 0 Å². The second-order valence-electron chi connectivity index (χ2n) is 5.20. The van der Waals surface area contributed by atoms with Crippen LogP contribution in [0, 0.1) is 5.92 Å². The molecule has 3 atom stereocenters. The molecule has 4 nitrogen and oxygen atoms in total. The highest BCUT2D eigenvalue weighted by atomic mass is 35.5. The van der Waals surface area contributed by atoms with E-state index in [1.165, 1.54) is 12.1 Å². The van der Waals surface area contributed by atoms with E-state index in [0.29, 0.717) is 17.0 Å². The molecular weight excluding hydrogens is 323 g/mol. The Kier molecular flexibility index (Phi) is 4.69. The van der Waals surface area contributed by atoms with Crippen LogP contribution in [0.4, 0.5) is 0 Å². The van der Waals surface area contributed by atoms with E-state index < -0.39 is 0 Å². The number of benzene rings is 1. The van der Waals surface area contributed by atoms with Gasteiger partial charge in [-0.05, 0) is 30.9 Å². The first-order chi connectivity index (χ1) is 9.04. The van der Waals surface area contributed by atoms with Gasteiger partial charge in [0, 0.05) is 23.7 Å². The molecule has 110 valence electrons. The molecule has 1 aromatic carbocycles. The van der Waals surface area contributed by atoms with Crippen LogP contribution in [-0.2, 0) is 0 Å². The quantitative estimate of drug-likeness (QED) is 0.777. The summed E-state index contributed by atoms with van der Waals surface area (Å²) in [6, 6.07) is 3.52. The largest absolute Gasteiger partial charge is 0.506 e. The zero-order chi connectivity index (χ0) is 13.6. The van der Waals surface area contributed by atoms with Crippen LogP contribution < -0.4 is 10.6 Å². The van der Waals surface area contributed by atoms with E-state index in [1.54, 1.807) is 0 Å². The Hall–Kier alpha value is -0.680. The molecule has 1 saturated heterocycles. The normalized spacial score (nSPS) is 27.2. The van der Waals surface area contributed by atoms with Gasteiger partial charge in [0.1, 0.15) is 5.75 Å². The van der Waals surface area contributed by atoms with Gasteiger partial charge in [0.05, 0.1) is 10.6 Å². The first-order valence-corrected chi connectivity index (χ1v) is 7.02. The van der Waals surface area contributed by atoms with E-state index in [4.69, 9.17) is 23.2 Å². The first kappa shape index (κ1) is 15.7. The minimum atomic E-state index is -0.320. The first-order valence-electron chi connectivity index (χ1n) is 6.27. The number of nitrogens with one attached hydrogen (secondary N) is 2. The third-order valence-corrected chi connectivity index (χ3v) is 4.46. The summed E-state index contributed by atoms with van der Waals surface area (Å²) in [5, 5.41) is 16.6. The van der Waals surface area contributed by atoms with Gasteiger partial charge in [0.2, 0.25) is 0 Å². The Morgan fingerprint density at radius 3 is 2.70 bits per heavy atom. The SMILES string of the molecule is Cl.O=C(N[C@@H]1C[C@H]2C[C@@H]1CN2)c1cc(Cl)cc(Cl)c1O. The van der Waals surface area contributed by atoms with Crippen molar-refractivity contribution in [1.29, 1.82) is 0 Å². The van der Waals surface area contributed by atoms with Crippen molar-refractivity contribution in [2.24, 2.45) is 5.92 Å². The summed E-state index contributed by atoms with van der Waals surface area (Å²) in [7, 11) is 0. The van der Waals surface area contributed by atoms with Crippen LogP contribution in [-0.4, -0.2) is 29.6 Å². The van der Waals surface area contributed by atoms with Crippen LogP contribution in [0.15, 0.2) is 12.1 Å². The highest BCUT2D eigenvalue weighted by Crippen LogP contribution is 2.33. The molecule has 1 aliphatic carbocycles. The van der Waals surface area contributed by atoms with Crippen molar-refractivity contribution in [2.45, 2.75) is 24.9 Å². The van der Waals surface area contributed by atoms with Crippen LogP contribution in [0.25, 0.3) is 0 Å². The highest BCUT2D eigenvalue weighted by Gasteiger charge is 2.40. The van der Waals surface area contributed by atoms with Crippen LogP contribution in [0.1, 0.15) is 23.2 Å². The lowest BCUT2D eigenvalue weighted by Crippen LogP contribution is -2.44. The van der Waals surface area contributed by atoms with Crippen LogP contribution >= 0.6 is 35.6 Å². The Morgan fingerprint density at radius 1 is 1.35 bits per heavy atom. The molecule has 7 heteroatoms. The summed E-state index contributed by atoms with van der Waals surface area (Å²) in [6.07, 6.45) is 2.04. The lowest BCUT2D eigenvalue weighted by atomic mass is 10.0. The summed E-state index contributed by atoms with van der Waals surface area (Å²) in [6.45, 7) is 0.942. The summed E-state index contributed by atoms with van der Waals surface area (Å²) in [4.78, 5) is 12.2. The number of carbonyl (C=O) groups is 1. The Labute approximate surface area is 133 Å². The second-order valence-corrected chi connectivity index (χ2v) is 6.04. The number of carbonyl (C=O) groups excluding carboxylic acids is 1. The Morgan fingerprint density at radius 2 is 2.10 bits per heavy atom. The number of amides is 1. The summed E-state index contributed by atoms with van der Waals surface area (Å²) in [5.41, 5.74) is 0.133. The molecule has 3 N–H and O–H groups in total. The molecule has 20 heavy (non-hydrogen) atoms. The number of halogens is 3. The number of fused-ring (bicyclic) bond motifs is 2. The molecule has 0 spiro atoms. The van der Waals surface area contributed by atoms with E-state index in [0.717, 1.165) is 19.4 Å². The number of phenols is 1. The molecule has 2 bridgehead atoms. The van der Waals surface area contributed by atoms with Gasteiger partial charge in [-0.15, -0.1) is 12.4 Å². The average molecular weight is 338 g/mol. The third-order valence-electron chi connectivity index (χ3n) is 3.95. The maximum absolute atomic E-state index is 12.2. The topological polar surface area (TPSA) is 61.4 Å². The Balaban J connectivity index is 0.00000147. The molecule has 0 unspecified atom stereocenters. The van der Waals surface area contributed by atoms with Crippen molar-refractivity contribution in [3.05, 3.63) is 27.7 Å². The molecule has 3 rings (SSSR count). The van der Waals surface area contributed by atoms with E-state index in [1.807, 2.05) is 0 Å². The van der Waals surface area contributed by atoms with Gasteiger partial charge < -0.3 is 15.7 Å². The minimum Gasteiger partial charge on any atom is -0.506 e. The smallest absolute Gasteiger partial charge is 0.255 e. The third kappa shape index (κ3) is 2.84. The molecule has 1 amide bonds. The number of piperidine rings is 1. The minimum absolute atomic E-state index is 0. The van der Waals surface area contributed by atoms with Crippen LogP contribution in [0.3, 0.4) is 0 Å². The molecule has 0 radical (unpaired) electrons. The molecule has 1 heterocycles. The van der Waals surface area contributed by atoms with Crippen molar-refractivity contribution in [3.8, 4) is 5.75 Å². The molecule has 2 aliphatic rings. The molecule has 1 saturated carbocycles. The van der Waals surface area contributed by atoms with Crippen LogP contribution in [0.2, 0.25) is 10.0 Å². The fraction of sp³-hybridized carbons (Fsp3) is 0.462. The lowest BCUT2D eigenvalue weighted by molar-refractivity contribution is 0.0922.